The van der Waals surface area contributed by atoms with E-state index >= 15 is 0 Å². The third-order valence-corrected chi connectivity index (χ3v) is 6.59. The van der Waals surface area contributed by atoms with Gasteiger partial charge in [0.05, 0.1) is 30.2 Å². The second-order valence-corrected chi connectivity index (χ2v) is 8.12. The zero-order chi connectivity index (χ0) is 22.1. The number of nitrogens with zero attached hydrogens (tertiary/aromatic N) is 2. The first kappa shape index (κ1) is 19.2. The van der Waals surface area contributed by atoms with Crippen LogP contribution in [0.2, 0.25) is 0 Å². The van der Waals surface area contributed by atoms with Gasteiger partial charge in [0.1, 0.15) is 5.41 Å². The lowest BCUT2D eigenvalue weighted by Crippen LogP contribution is -2.49. The van der Waals surface area contributed by atoms with Crippen molar-refractivity contribution in [1.29, 1.82) is 0 Å². The summed E-state index contributed by atoms with van der Waals surface area (Å²) in [7, 11) is 2.84. The maximum atomic E-state index is 13.8. The Morgan fingerprint density at radius 2 is 1.74 bits per heavy atom. The summed E-state index contributed by atoms with van der Waals surface area (Å²) in [6.45, 7) is 1.88. The highest BCUT2D eigenvalue weighted by Crippen LogP contribution is 2.59. The highest BCUT2D eigenvalue weighted by molar-refractivity contribution is 6.29. The van der Waals surface area contributed by atoms with E-state index < -0.39 is 40.9 Å². The molecule has 7 heteroatoms. The molecule has 0 bridgehead atoms. The van der Waals surface area contributed by atoms with E-state index in [2.05, 4.69) is 0 Å². The predicted octanol–water partition coefficient (Wildman–Crippen LogP) is 2.13. The lowest BCUT2D eigenvalue weighted by Gasteiger charge is -2.31. The second-order valence-electron chi connectivity index (χ2n) is 8.12. The SMILES string of the molecule is COC(=O)C1=C[C@@H]2C(=O)N(c3ccccc3)C(=O)[C@@H]2[C@]12C(=O)N(C)c1ccc(C)cc12. The summed E-state index contributed by atoms with van der Waals surface area (Å²) in [5.41, 5.74) is 0.957. The maximum Gasteiger partial charge on any atom is 0.334 e. The molecule has 1 spiro atoms. The van der Waals surface area contributed by atoms with Crippen molar-refractivity contribution in [3.63, 3.8) is 0 Å². The van der Waals surface area contributed by atoms with E-state index in [0.717, 1.165) is 10.5 Å². The van der Waals surface area contributed by atoms with Crippen LogP contribution in [-0.2, 0) is 29.3 Å². The number of hydrogen-bond donors (Lipinski definition) is 0. The van der Waals surface area contributed by atoms with Gasteiger partial charge in [-0.2, -0.15) is 0 Å². The van der Waals surface area contributed by atoms with Crippen molar-refractivity contribution in [2.24, 2.45) is 11.8 Å². The number of carbonyl (C=O) groups excluding carboxylic acids is 4. The summed E-state index contributed by atoms with van der Waals surface area (Å²) in [6.07, 6.45) is 1.46. The van der Waals surface area contributed by atoms with Gasteiger partial charge >= 0.3 is 5.97 Å². The smallest absolute Gasteiger partial charge is 0.334 e. The number of imide groups is 1. The number of hydrogen-bond acceptors (Lipinski definition) is 5. The number of benzene rings is 2. The Labute approximate surface area is 178 Å². The van der Waals surface area contributed by atoms with Gasteiger partial charge in [-0.3, -0.25) is 14.4 Å². The molecule has 7 nitrogen and oxygen atoms in total. The van der Waals surface area contributed by atoms with Crippen molar-refractivity contribution < 1.29 is 23.9 Å². The van der Waals surface area contributed by atoms with Gasteiger partial charge in [0.15, 0.2) is 0 Å². The van der Waals surface area contributed by atoms with Gasteiger partial charge in [0, 0.05) is 12.7 Å². The van der Waals surface area contributed by atoms with Crippen LogP contribution in [-0.4, -0.2) is 37.8 Å². The summed E-state index contributed by atoms with van der Waals surface area (Å²) in [5.74, 6) is -4.04. The number of rotatable bonds is 2. The number of esters is 1. The van der Waals surface area contributed by atoms with Gasteiger partial charge in [0.25, 0.3) is 0 Å². The van der Waals surface area contributed by atoms with E-state index in [4.69, 9.17) is 4.74 Å². The Morgan fingerprint density at radius 1 is 1.03 bits per heavy atom. The van der Waals surface area contributed by atoms with Crippen LogP contribution in [0, 0.1) is 18.8 Å². The molecular formula is C24H20N2O5. The lowest BCUT2D eigenvalue weighted by molar-refractivity contribution is -0.139. The Kier molecular flexibility index (Phi) is 3.96. The van der Waals surface area contributed by atoms with Crippen LogP contribution >= 0.6 is 0 Å². The molecule has 0 saturated carbocycles. The number of amides is 3. The summed E-state index contributed by atoms with van der Waals surface area (Å²) >= 11 is 0. The third kappa shape index (κ3) is 2.23. The lowest BCUT2D eigenvalue weighted by atomic mass is 9.67. The summed E-state index contributed by atoms with van der Waals surface area (Å²) < 4.78 is 4.98. The van der Waals surface area contributed by atoms with E-state index in [-0.39, 0.29) is 5.57 Å². The molecule has 3 aliphatic rings. The van der Waals surface area contributed by atoms with Gasteiger partial charge in [-0.15, -0.1) is 0 Å². The number of anilines is 2. The highest BCUT2D eigenvalue weighted by atomic mass is 16.5. The van der Waals surface area contributed by atoms with Crippen molar-refractivity contribution in [2.75, 3.05) is 24.0 Å². The maximum absolute atomic E-state index is 13.8. The zero-order valence-electron chi connectivity index (χ0n) is 17.3. The summed E-state index contributed by atoms with van der Waals surface area (Å²) in [5, 5.41) is 0. The number of carbonyl (C=O) groups is 4. The minimum Gasteiger partial charge on any atom is -0.466 e. The normalized spacial score (nSPS) is 26.4. The fourth-order valence-electron chi connectivity index (χ4n) is 5.27. The van der Waals surface area contributed by atoms with E-state index in [1.165, 1.54) is 18.1 Å². The molecule has 2 aromatic rings. The van der Waals surface area contributed by atoms with Gasteiger partial charge < -0.3 is 9.64 Å². The molecule has 0 N–H and O–H groups in total. The molecule has 1 saturated heterocycles. The van der Waals surface area contributed by atoms with Crippen LogP contribution in [0.25, 0.3) is 0 Å². The average molecular weight is 416 g/mol. The molecule has 0 aromatic heterocycles. The fraction of sp³-hybridized carbons (Fsp3) is 0.250. The van der Waals surface area contributed by atoms with E-state index in [1.54, 1.807) is 43.4 Å². The van der Waals surface area contributed by atoms with Crippen LogP contribution in [0.4, 0.5) is 11.4 Å². The standard InChI is InChI=1S/C24H20N2O5/c1-13-9-10-18-16(11-13)24(23(30)25(18)2)17(22(29)31-3)12-15-19(24)21(28)26(20(15)27)14-7-5-4-6-8-14/h4-12,15,19H,1-3H3/t15-,19+,24+/m0/s1. The molecule has 3 amide bonds. The average Bonchev–Trinajstić information content (AvgIpc) is 3.33. The molecule has 31 heavy (non-hydrogen) atoms. The minimum atomic E-state index is -1.59. The Bertz CT molecular complexity index is 1200. The predicted molar refractivity (Wildman–Crippen MR) is 112 cm³/mol. The molecule has 1 fully saturated rings. The molecule has 3 atom stereocenters. The minimum absolute atomic E-state index is 0.0561. The van der Waals surface area contributed by atoms with Crippen molar-refractivity contribution in [1.82, 2.24) is 0 Å². The molecule has 156 valence electrons. The van der Waals surface area contributed by atoms with E-state index in [9.17, 15) is 19.2 Å². The molecule has 1 aliphatic carbocycles. The highest BCUT2D eigenvalue weighted by Gasteiger charge is 2.70. The van der Waals surface area contributed by atoms with Gasteiger partial charge in [-0.25, -0.2) is 9.69 Å². The monoisotopic (exact) mass is 416 g/mol. The number of aryl methyl sites for hydroxylation is 1. The molecular weight excluding hydrogens is 396 g/mol. The number of methoxy groups -OCH3 is 1. The van der Waals surface area contributed by atoms with Gasteiger partial charge in [-0.1, -0.05) is 42.0 Å². The van der Waals surface area contributed by atoms with Crippen molar-refractivity contribution >= 4 is 35.1 Å². The number of para-hydroxylation sites is 1. The first-order valence-corrected chi connectivity index (χ1v) is 9.96. The van der Waals surface area contributed by atoms with Crippen LogP contribution < -0.4 is 9.80 Å². The third-order valence-electron chi connectivity index (χ3n) is 6.59. The molecule has 2 aliphatic heterocycles. The largest absolute Gasteiger partial charge is 0.466 e. The van der Waals surface area contributed by atoms with E-state index in [1.807, 2.05) is 19.1 Å². The van der Waals surface area contributed by atoms with Crippen LogP contribution in [0.3, 0.4) is 0 Å². The van der Waals surface area contributed by atoms with Gasteiger partial charge in [-0.05, 0) is 30.7 Å². The number of fused-ring (bicyclic) bond motifs is 4. The Balaban J connectivity index is 1.78. The quantitative estimate of drug-likeness (QED) is 0.553. The van der Waals surface area contributed by atoms with Gasteiger partial charge in [0.2, 0.25) is 17.7 Å². The van der Waals surface area contributed by atoms with Crippen LogP contribution in [0.15, 0.2) is 60.2 Å². The van der Waals surface area contributed by atoms with Crippen LogP contribution in [0.1, 0.15) is 11.1 Å². The van der Waals surface area contributed by atoms with E-state index in [0.29, 0.717) is 16.9 Å². The number of likely N-dealkylation sites (N-methyl/N-ethyl adjacent to an activating group) is 1. The molecule has 0 radical (unpaired) electrons. The molecule has 2 heterocycles. The topological polar surface area (TPSA) is 84.0 Å². The first-order chi connectivity index (χ1) is 14.8. The molecule has 2 aromatic carbocycles. The Hall–Kier alpha value is -3.74. The Morgan fingerprint density at radius 3 is 2.42 bits per heavy atom. The molecule has 0 unspecified atom stereocenters. The van der Waals surface area contributed by atoms with Crippen molar-refractivity contribution in [2.45, 2.75) is 12.3 Å². The molecule has 5 rings (SSSR count). The van der Waals surface area contributed by atoms with Crippen LogP contribution in [0.5, 0.6) is 0 Å². The summed E-state index contributed by atoms with van der Waals surface area (Å²) in [6, 6.07) is 14.1. The first-order valence-electron chi connectivity index (χ1n) is 9.96. The van der Waals surface area contributed by atoms with Crippen molar-refractivity contribution in [3.8, 4) is 0 Å². The summed E-state index contributed by atoms with van der Waals surface area (Å²) in [4.78, 5) is 56.2. The zero-order valence-corrected chi connectivity index (χ0v) is 17.3. The number of ether oxygens (including phenoxy) is 1. The fourth-order valence-corrected chi connectivity index (χ4v) is 5.27. The second kappa shape index (κ2) is 6.38. The van der Waals surface area contributed by atoms with Crippen molar-refractivity contribution in [3.05, 3.63) is 71.3 Å².